The van der Waals surface area contributed by atoms with Crippen molar-refractivity contribution < 1.29 is 31.9 Å². The normalized spacial score (nSPS) is 18.7. The second kappa shape index (κ2) is 8.14. The van der Waals surface area contributed by atoms with Crippen LogP contribution in [0.1, 0.15) is 31.4 Å². The van der Waals surface area contributed by atoms with E-state index < -0.39 is 29.1 Å². The van der Waals surface area contributed by atoms with Crippen LogP contribution in [0.5, 0.6) is 0 Å². The molecule has 1 aliphatic rings. The van der Waals surface area contributed by atoms with E-state index in [4.69, 9.17) is 21.2 Å². The topological polar surface area (TPSA) is 60.8 Å². The Morgan fingerprint density at radius 2 is 2.03 bits per heavy atom. The zero-order valence-corrected chi connectivity index (χ0v) is 18.0. The Morgan fingerprint density at radius 3 is 2.63 bits per heavy atom. The molecule has 0 amide bonds. The van der Waals surface area contributed by atoms with Gasteiger partial charge in [0.05, 0.1) is 28.6 Å². The Morgan fingerprint density at radius 1 is 1.33 bits per heavy atom. The molecule has 0 radical (unpaired) electrons. The molecule has 1 atom stereocenters. The fourth-order valence-corrected chi connectivity index (χ4v) is 3.64. The number of aromatic nitrogens is 1. The van der Waals surface area contributed by atoms with Gasteiger partial charge in [0.2, 0.25) is 5.60 Å². The highest BCUT2D eigenvalue weighted by Crippen LogP contribution is 2.38. The maximum atomic E-state index is 14.6. The van der Waals surface area contributed by atoms with Crippen molar-refractivity contribution in [2.45, 2.75) is 32.0 Å². The average molecular weight is 510 g/mol. The molecule has 5 nitrogen and oxygen atoms in total. The third-order valence-electron chi connectivity index (χ3n) is 4.36. The van der Waals surface area contributed by atoms with Crippen molar-refractivity contribution >= 4 is 39.2 Å². The molecule has 0 N–H and O–H groups in total. The summed E-state index contributed by atoms with van der Waals surface area (Å²) in [4.78, 5) is 21.1. The number of hydrogen-bond donors (Lipinski definition) is 0. The fourth-order valence-electron chi connectivity index (χ4n) is 2.82. The summed E-state index contributed by atoms with van der Waals surface area (Å²) >= 11 is 9.17. The predicted molar refractivity (Wildman–Crippen MR) is 105 cm³/mol. The standard InChI is InChI=1S/C19H14BrClF4N2O3/c1-3-29-17(28)18(2)7-15(27-30-18)10-5-11(14(22)6-13(10)21)16-12(20)4-9(8-26-16)19(23,24)25/h4-6,8H,3,7H2,1-2H3. The van der Waals surface area contributed by atoms with Gasteiger partial charge in [-0.3, -0.25) is 4.98 Å². The maximum Gasteiger partial charge on any atom is 0.417 e. The van der Waals surface area contributed by atoms with Crippen molar-refractivity contribution in [2.75, 3.05) is 6.61 Å². The molecule has 0 spiro atoms. The molecule has 0 saturated carbocycles. The van der Waals surface area contributed by atoms with E-state index in [9.17, 15) is 22.4 Å². The summed E-state index contributed by atoms with van der Waals surface area (Å²) in [5.74, 6) is -1.40. The van der Waals surface area contributed by atoms with Crippen LogP contribution in [0.2, 0.25) is 5.02 Å². The van der Waals surface area contributed by atoms with Gasteiger partial charge in [-0.05, 0) is 48.0 Å². The van der Waals surface area contributed by atoms with Gasteiger partial charge < -0.3 is 9.57 Å². The van der Waals surface area contributed by atoms with Crippen molar-refractivity contribution in [1.82, 2.24) is 4.98 Å². The molecule has 1 unspecified atom stereocenters. The van der Waals surface area contributed by atoms with Gasteiger partial charge >= 0.3 is 12.1 Å². The number of hydrogen-bond acceptors (Lipinski definition) is 5. The van der Waals surface area contributed by atoms with E-state index in [1.807, 2.05) is 0 Å². The summed E-state index contributed by atoms with van der Waals surface area (Å²) in [6.45, 7) is 3.30. The first-order chi connectivity index (χ1) is 14.0. The molecule has 2 aromatic rings. The van der Waals surface area contributed by atoms with Crippen molar-refractivity contribution in [2.24, 2.45) is 5.16 Å². The van der Waals surface area contributed by atoms with Crippen molar-refractivity contribution in [3.8, 4) is 11.3 Å². The number of alkyl halides is 3. The highest BCUT2D eigenvalue weighted by atomic mass is 79.9. The monoisotopic (exact) mass is 508 g/mol. The van der Waals surface area contributed by atoms with E-state index in [0.29, 0.717) is 6.20 Å². The zero-order valence-electron chi connectivity index (χ0n) is 15.6. The van der Waals surface area contributed by atoms with E-state index in [1.165, 1.54) is 13.0 Å². The third-order valence-corrected chi connectivity index (χ3v) is 5.28. The number of carbonyl (C=O) groups is 1. The lowest BCUT2D eigenvalue weighted by Gasteiger charge is -2.18. The number of oxime groups is 1. The Balaban J connectivity index is 2.00. The first-order valence-electron chi connectivity index (χ1n) is 8.61. The van der Waals surface area contributed by atoms with E-state index >= 15 is 0 Å². The molecule has 2 heterocycles. The first-order valence-corrected chi connectivity index (χ1v) is 9.78. The van der Waals surface area contributed by atoms with Crippen LogP contribution in [-0.2, 0) is 20.5 Å². The lowest BCUT2D eigenvalue weighted by atomic mass is 9.94. The molecule has 0 saturated heterocycles. The Kier molecular flexibility index (Phi) is 6.10. The van der Waals surface area contributed by atoms with E-state index in [0.717, 1.165) is 12.1 Å². The molecule has 0 aliphatic carbocycles. The van der Waals surface area contributed by atoms with Crippen LogP contribution in [-0.4, -0.2) is 28.9 Å². The van der Waals surface area contributed by atoms with Gasteiger partial charge in [-0.25, -0.2) is 9.18 Å². The number of pyridine rings is 1. The largest absolute Gasteiger partial charge is 0.463 e. The van der Waals surface area contributed by atoms with Crippen LogP contribution in [0.3, 0.4) is 0 Å². The number of carbonyl (C=O) groups excluding carboxylic acids is 1. The predicted octanol–water partition coefficient (Wildman–Crippen LogP) is 5.77. The molecule has 0 bridgehead atoms. The van der Waals surface area contributed by atoms with E-state index in [-0.39, 0.29) is 45.1 Å². The van der Waals surface area contributed by atoms with E-state index in [2.05, 4.69) is 26.1 Å². The number of nitrogens with zero attached hydrogens (tertiary/aromatic N) is 2. The van der Waals surface area contributed by atoms with Gasteiger partial charge in [0, 0.05) is 28.2 Å². The third kappa shape index (κ3) is 4.29. The van der Waals surface area contributed by atoms with Crippen LogP contribution >= 0.6 is 27.5 Å². The lowest BCUT2D eigenvalue weighted by Crippen LogP contribution is -2.37. The highest BCUT2D eigenvalue weighted by Gasteiger charge is 2.44. The van der Waals surface area contributed by atoms with Gasteiger partial charge in [-0.15, -0.1) is 0 Å². The first kappa shape index (κ1) is 22.5. The second-order valence-electron chi connectivity index (χ2n) is 6.62. The lowest BCUT2D eigenvalue weighted by molar-refractivity contribution is -0.166. The molecule has 1 aromatic carbocycles. The Labute approximate surface area is 182 Å². The molecule has 11 heteroatoms. The summed E-state index contributed by atoms with van der Waals surface area (Å²) in [5.41, 5.74) is -1.97. The van der Waals surface area contributed by atoms with Crippen molar-refractivity contribution in [3.63, 3.8) is 0 Å². The van der Waals surface area contributed by atoms with Gasteiger partial charge in [-0.2, -0.15) is 13.2 Å². The fraction of sp³-hybridized carbons (Fsp3) is 0.316. The number of ether oxygens (including phenoxy) is 1. The van der Waals surface area contributed by atoms with Gasteiger partial charge in [0.15, 0.2) is 0 Å². The van der Waals surface area contributed by atoms with Crippen molar-refractivity contribution in [1.29, 1.82) is 0 Å². The van der Waals surface area contributed by atoms with Gasteiger partial charge in [-0.1, -0.05) is 16.8 Å². The summed E-state index contributed by atoms with van der Waals surface area (Å²) in [7, 11) is 0. The number of benzene rings is 1. The number of esters is 1. The van der Waals surface area contributed by atoms with Crippen LogP contribution in [0.15, 0.2) is 34.0 Å². The summed E-state index contributed by atoms with van der Waals surface area (Å²) in [5, 5.41) is 3.88. The quantitative estimate of drug-likeness (QED) is 0.388. The number of rotatable bonds is 4. The summed E-state index contributed by atoms with van der Waals surface area (Å²) < 4.78 is 58.1. The smallest absolute Gasteiger partial charge is 0.417 e. The Hall–Kier alpha value is -2.20. The van der Waals surface area contributed by atoms with E-state index in [1.54, 1.807) is 6.92 Å². The molecule has 3 rings (SSSR count). The zero-order chi connectivity index (χ0) is 22.3. The molecule has 1 aliphatic heterocycles. The van der Waals surface area contributed by atoms with Crippen LogP contribution in [0, 0.1) is 5.82 Å². The van der Waals surface area contributed by atoms with Crippen molar-refractivity contribution in [3.05, 3.63) is 50.8 Å². The number of halogens is 6. The maximum absolute atomic E-state index is 14.6. The van der Waals surface area contributed by atoms with Crippen LogP contribution < -0.4 is 0 Å². The van der Waals surface area contributed by atoms with Gasteiger partial charge in [0.1, 0.15) is 5.82 Å². The van der Waals surface area contributed by atoms with Gasteiger partial charge in [0.25, 0.3) is 0 Å². The van der Waals surface area contributed by atoms with Crippen LogP contribution in [0.25, 0.3) is 11.3 Å². The average Bonchev–Trinajstić information content (AvgIpc) is 3.05. The molecule has 0 fully saturated rings. The van der Waals surface area contributed by atoms with Crippen LogP contribution in [0.4, 0.5) is 17.6 Å². The molecule has 1 aromatic heterocycles. The minimum atomic E-state index is -4.59. The molecule has 30 heavy (non-hydrogen) atoms. The molecular formula is C19H14BrClF4N2O3. The summed E-state index contributed by atoms with van der Waals surface area (Å²) in [6, 6.07) is 3.11. The highest BCUT2D eigenvalue weighted by molar-refractivity contribution is 9.10. The summed E-state index contributed by atoms with van der Waals surface area (Å²) in [6.07, 6.45) is -3.97. The SMILES string of the molecule is CCOC(=O)C1(C)CC(c2cc(-c3ncc(C(F)(F)F)cc3Br)c(F)cc2Cl)=NO1. The second-order valence-corrected chi connectivity index (χ2v) is 7.88. The minimum absolute atomic E-state index is 0.00487. The Bertz CT molecular complexity index is 1050. The minimum Gasteiger partial charge on any atom is -0.463 e. The molecular weight excluding hydrogens is 496 g/mol. The molecule has 160 valence electrons.